The minimum absolute atomic E-state index is 0.0162. The molecule has 5 nitrogen and oxygen atoms in total. The first kappa shape index (κ1) is 17.0. The lowest BCUT2D eigenvalue weighted by atomic mass is 9.84. The first-order chi connectivity index (χ1) is 11.5. The van der Waals surface area contributed by atoms with Gasteiger partial charge in [-0.1, -0.05) is 18.6 Å². The molecule has 5 heteroatoms. The van der Waals surface area contributed by atoms with Crippen LogP contribution in [-0.4, -0.2) is 54.3 Å². The van der Waals surface area contributed by atoms with Crippen LogP contribution in [0.2, 0.25) is 0 Å². The van der Waals surface area contributed by atoms with Crippen LogP contribution in [0.15, 0.2) is 18.2 Å². The molecule has 1 saturated heterocycles. The molecular weight excluding hydrogens is 302 g/mol. The van der Waals surface area contributed by atoms with E-state index < -0.39 is 0 Å². The van der Waals surface area contributed by atoms with Crippen LogP contribution < -0.4 is 5.32 Å². The van der Waals surface area contributed by atoms with Crippen LogP contribution in [0.1, 0.15) is 30.4 Å². The Labute approximate surface area is 144 Å². The van der Waals surface area contributed by atoms with Crippen molar-refractivity contribution in [1.82, 2.24) is 9.80 Å². The van der Waals surface area contributed by atoms with E-state index in [-0.39, 0.29) is 11.8 Å². The Bertz CT molecular complexity index is 617. The van der Waals surface area contributed by atoms with Crippen LogP contribution >= 0.6 is 0 Å². The Balaban J connectivity index is 1.46. The van der Waals surface area contributed by atoms with Crippen LogP contribution in [0.5, 0.6) is 0 Å². The molecule has 1 saturated carbocycles. The molecule has 2 aliphatic rings. The van der Waals surface area contributed by atoms with Gasteiger partial charge in [0, 0.05) is 37.8 Å². The van der Waals surface area contributed by atoms with Crippen molar-refractivity contribution in [2.24, 2.45) is 5.92 Å². The summed E-state index contributed by atoms with van der Waals surface area (Å²) in [4.78, 5) is 28.6. The number of nitrogens with zero attached hydrogens (tertiary/aromatic N) is 2. The van der Waals surface area contributed by atoms with Crippen LogP contribution in [0, 0.1) is 19.8 Å². The summed E-state index contributed by atoms with van der Waals surface area (Å²) in [6, 6.07) is 5.95. The number of piperazine rings is 1. The highest BCUT2D eigenvalue weighted by Gasteiger charge is 2.31. The number of amides is 2. The van der Waals surface area contributed by atoms with Gasteiger partial charge in [0.05, 0.1) is 6.54 Å². The average Bonchev–Trinajstić information content (AvgIpc) is 2.51. The van der Waals surface area contributed by atoms with Gasteiger partial charge in [-0.25, -0.2) is 0 Å². The topological polar surface area (TPSA) is 52.7 Å². The molecule has 0 bridgehead atoms. The van der Waals surface area contributed by atoms with E-state index in [4.69, 9.17) is 0 Å². The van der Waals surface area contributed by atoms with Gasteiger partial charge in [0.1, 0.15) is 0 Å². The standard InChI is InChI=1S/C19H27N3O2/c1-14-5-3-8-17(15(14)2)20-18(23)13-21-9-11-22(12-10-21)19(24)16-6-4-7-16/h3,5,8,16H,4,6-7,9-13H2,1-2H3,(H,20,23). The number of benzene rings is 1. The highest BCUT2D eigenvalue weighted by Crippen LogP contribution is 2.28. The monoisotopic (exact) mass is 329 g/mol. The lowest BCUT2D eigenvalue weighted by Gasteiger charge is -2.38. The van der Waals surface area contributed by atoms with Crippen molar-refractivity contribution in [3.8, 4) is 0 Å². The molecule has 1 aliphatic heterocycles. The Morgan fingerprint density at radius 3 is 2.46 bits per heavy atom. The third kappa shape index (κ3) is 3.78. The van der Waals surface area contributed by atoms with Gasteiger partial charge in [-0.3, -0.25) is 14.5 Å². The number of carbonyl (C=O) groups excluding carboxylic acids is 2. The lowest BCUT2D eigenvalue weighted by molar-refractivity contribution is -0.140. The van der Waals surface area contributed by atoms with Crippen molar-refractivity contribution in [3.05, 3.63) is 29.3 Å². The van der Waals surface area contributed by atoms with Gasteiger partial charge in [0.15, 0.2) is 0 Å². The summed E-state index contributed by atoms with van der Waals surface area (Å²) in [6.07, 6.45) is 3.30. The molecule has 0 aromatic heterocycles. The summed E-state index contributed by atoms with van der Waals surface area (Å²) in [5.74, 6) is 0.604. The van der Waals surface area contributed by atoms with Crippen molar-refractivity contribution in [3.63, 3.8) is 0 Å². The zero-order valence-corrected chi connectivity index (χ0v) is 14.7. The number of aryl methyl sites for hydroxylation is 1. The fourth-order valence-corrected chi connectivity index (χ4v) is 3.32. The molecular formula is C19H27N3O2. The zero-order valence-electron chi connectivity index (χ0n) is 14.7. The Morgan fingerprint density at radius 2 is 1.83 bits per heavy atom. The van der Waals surface area contributed by atoms with Gasteiger partial charge >= 0.3 is 0 Å². The molecule has 24 heavy (non-hydrogen) atoms. The summed E-state index contributed by atoms with van der Waals surface area (Å²) in [5.41, 5.74) is 3.18. The van der Waals surface area contributed by atoms with E-state index in [1.807, 2.05) is 36.9 Å². The highest BCUT2D eigenvalue weighted by atomic mass is 16.2. The van der Waals surface area contributed by atoms with Gasteiger partial charge in [-0.2, -0.15) is 0 Å². The van der Waals surface area contributed by atoms with Crippen LogP contribution in [-0.2, 0) is 9.59 Å². The first-order valence-electron chi connectivity index (χ1n) is 8.92. The molecule has 1 N–H and O–H groups in total. The van der Waals surface area contributed by atoms with Crippen molar-refractivity contribution < 1.29 is 9.59 Å². The molecule has 0 atom stereocenters. The van der Waals surface area contributed by atoms with Gasteiger partial charge in [0.25, 0.3) is 0 Å². The van der Waals surface area contributed by atoms with Crippen molar-refractivity contribution in [2.45, 2.75) is 33.1 Å². The van der Waals surface area contributed by atoms with Gasteiger partial charge in [-0.15, -0.1) is 0 Å². The van der Waals surface area contributed by atoms with Gasteiger partial charge in [0.2, 0.25) is 11.8 Å². The number of rotatable bonds is 4. The van der Waals surface area contributed by atoms with E-state index in [9.17, 15) is 9.59 Å². The Kier molecular flexibility index (Phi) is 5.19. The summed E-state index contributed by atoms with van der Waals surface area (Å²) < 4.78 is 0. The number of hydrogen-bond donors (Lipinski definition) is 1. The number of nitrogens with one attached hydrogen (secondary N) is 1. The predicted molar refractivity (Wildman–Crippen MR) is 94.9 cm³/mol. The molecule has 1 aromatic rings. The van der Waals surface area contributed by atoms with E-state index in [1.165, 1.54) is 12.0 Å². The molecule has 1 aromatic carbocycles. The largest absolute Gasteiger partial charge is 0.340 e. The van der Waals surface area contributed by atoms with Gasteiger partial charge < -0.3 is 10.2 Å². The maximum atomic E-state index is 12.3. The molecule has 3 rings (SSSR count). The fraction of sp³-hybridized carbons (Fsp3) is 0.579. The zero-order chi connectivity index (χ0) is 17.1. The normalized spacial score (nSPS) is 19.0. The molecule has 0 radical (unpaired) electrons. The SMILES string of the molecule is Cc1cccc(NC(=O)CN2CCN(C(=O)C3CCC3)CC2)c1C. The number of carbonyl (C=O) groups is 2. The minimum Gasteiger partial charge on any atom is -0.340 e. The smallest absolute Gasteiger partial charge is 0.238 e. The molecule has 0 unspecified atom stereocenters. The third-order valence-electron chi connectivity index (χ3n) is 5.38. The van der Waals surface area contributed by atoms with E-state index in [2.05, 4.69) is 10.2 Å². The summed E-state index contributed by atoms with van der Waals surface area (Å²) >= 11 is 0. The first-order valence-corrected chi connectivity index (χ1v) is 8.92. The number of anilines is 1. The molecule has 2 fully saturated rings. The molecule has 130 valence electrons. The molecule has 0 spiro atoms. The van der Waals surface area contributed by atoms with Gasteiger partial charge in [-0.05, 0) is 43.9 Å². The van der Waals surface area contributed by atoms with E-state index >= 15 is 0 Å². The summed E-state index contributed by atoms with van der Waals surface area (Å²) in [5, 5.41) is 3.01. The maximum absolute atomic E-state index is 12.3. The van der Waals surface area contributed by atoms with E-state index in [1.54, 1.807) is 0 Å². The van der Waals surface area contributed by atoms with E-state index in [0.717, 1.165) is 50.3 Å². The fourth-order valence-electron chi connectivity index (χ4n) is 3.32. The molecule has 1 heterocycles. The van der Waals surface area contributed by atoms with Crippen molar-refractivity contribution >= 4 is 17.5 Å². The average molecular weight is 329 g/mol. The second-order valence-electron chi connectivity index (χ2n) is 7.02. The third-order valence-corrected chi connectivity index (χ3v) is 5.38. The van der Waals surface area contributed by atoms with Crippen LogP contribution in [0.4, 0.5) is 5.69 Å². The Hall–Kier alpha value is -1.88. The lowest BCUT2D eigenvalue weighted by Crippen LogP contribution is -2.52. The summed E-state index contributed by atoms with van der Waals surface area (Å²) in [6.45, 7) is 7.49. The highest BCUT2D eigenvalue weighted by molar-refractivity contribution is 5.93. The van der Waals surface area contributed by atoms with E-state index in [0.29, 0.717) is 12.5 Å². The molecule has 2 amide bonds. The van der Waals surface area contributed by atoms with Crippen LogP contribution in [0.3, 0.4) is 0 Å². The quantitative estimate of drug-likeness (QED) is 0.921. The predicted octanol–water partition coefficient (Wildman–Crippen LogP) is 2.19. The summed E-state index contributed by atoms with van der Waals surface area (Å²) in [7, 11) is 0. The Morgan fingerprint density at radius 1 is 1.12 bits per heavy atom. The molecule has 1 aliphatic carbocycles. The van der Waals surface area contributed by atoms with Crippen molar-refractivity contribution in [1.29, 1.82) is 0 Å². The second-order valence-corrected chi connectivity index (χ2v) is 7.02. The minimum atomic E-state index is 0.0162. The van der Waals surface area contributed by atoms with Crippen molar-refractivity contribution in [2.75, 3.05) is 38.0 Å². The maximum Gasteiger partial charge on any atom is 0.238 e. The number of hydrogen-bond acceptors (Lipinski definition) is 3. The second kappa shape index (κ2) is 7.34. The van der Waals surface area contributed by atoms with Crippen LogP contribution in [0.25, 0.3) is 0 Å².